The van der Waals surface area contributed by atoms with Gasteiger partial charge in [-0.05, 0) is 36.8 Å². The summed E-state index contributed by atoms with van der Waals surface area (Å²) in [4.78, 5) is 12.7. The minimum atomic E-state index is -0.143. The third-order valence-electron chi connectivity index (χ3n) is 4.40. The van der Waals surface area contributed by atoms with E-state index in [1.54, 1.807) is 24.3 Å². The Balaban J connectivity index is 1.53. The number of para-hydroxylation sites is 1. The van der Waals surface area contributed by atoms with Crippen molar-refractivity contribution in [2.45, 2.75) is 13.5 Å². The number of hydrogen-bond donors (Lipinski definition) is 0. The highest BCUT2D eigenvalue weighted by Crippen LogP contribution is 2.35. The summed E-state index contributed by atoms with van der Waals surface area (Å²) in [6, 6.07) is 22.8. The molecule has 0 N–H and O–H groups in total. The number of ether oxygens (including phenoxy) is 3. The fraction of sp³-hybridized carbons (Fsp3) is 0.125. The van der Waals surface area contributed by atoms with Crippen LogP contribution in [0, 0.1) is 0 Å². The molecule has 0 saturated carbocycles. The first kappa shape index (κ1) is 17.9. The molecule has 0 aromatic heterocycles. The number of benzene rings is 3. The molecule has 4 rings (SSSR count). The first-order valence-corrected chi connectivity index (χ1v) is 9.21. The molecule has 0 saturated heterocycles. The highest BCUT2D eigenvalue weighted by atomic mass is 16.5. The van der Waals surface area contributed by atoms with Crippen LogP contribution in [0.4, 0.5) is 0 Å². The summed E-state index contributed by atoms with van der Waals surface area (Å²) in [6.45, 7) is 2.93. The van der Waals surface area contributed by atoms with Crippen LogP contribution in [-0.4, -0.2) is 12.4 Å². The summed E-state index contributed by atoms with van der Waals surface area (Å²) in [7, 11) is 0. The van der Waals surface area contributed by atoms with E-state index in [1.165, 1.54) is 0 Å². The standard InChI is InChI=1S/C24H20O4/c1-2-26-21-11-7-6-10-18(21)14-23-24(25)20-13-12-19(15-22(20)28-23)27-16-17-8-4-3-5-9-17/h3-15H,2,16H2,1H3/b23-14-. The topological polar surface area (TPSA) is 44.8 Å². The van der Waals surface area contributed by atoms with Crippen LogP contribution < -0.4 is 14.2 Å². The van der Waals surface area contributed by atoms with Crippen LogP contribution in [-0.2, 0) is 6.61 Å². The zero-order valence-electron chi connectivity index (χ0n) is 15.6. The maximum atomic E-state index is 12.7. The second kappa shape index (κ2) is 8.01. The van der Waals surface area contributed by atoms with Crippen molar-refractivity contribution in [3.63, 3.8) is 0 Å². The quantitative estimate of drug-likeness (QED) is 0.552. The Labute approximate surface area is 164 Å². The Morgan fingerprint density at radius 1 is 0.929 bits per heavy atom. The summed E-state index contributed by atoms with van der Waals surface area (Å²) in [6.07, 6.45) is 1.72. The van der Waals surface area contributed by atoms with Gasteiger partial charge in [-0.25, -0.2) is 0 Å². The Bertz CT molecular complexity index is 1020. The number of fused-ring (bicyclic) bond motifs is 1. The van der Waals surface area contributed by atoms with Gasteiger partial charge in [0, 0.05) is 11.6 Å². The zero-order chi connectivity index (χ0) is 19.3. The lowest BCUT2D eigenvalue weighted by Crippen LogP contribution is -1.99. The van der Waals surface area contributed by atoms with E-state index in [0.29, 0.717) is 30.3 Å². The lowest BCUT2D eigenvalue weighted by Gasteiger charge is -2.08. The van der Waals surface area contributed by atoms with E-state index in [1.807, 2.05) is 61.5 Å². The van der Waals surface area contributed by atoms with E-state index in [9.17, 15) is 4.79 Å². The molecule has 140 valence electrons. The van der Waals surface area contributed by atoms with Crippen molar-refractivity contribution in [2.24, 2.45) is 0 Å². The number of allylic oxidation sites excluding steroid dienone is 1. The van der Waals surface area contributed by atoms with E-state index < -0.39 is 0 Å². The molecule has 0 atom stereocenters. The lowest BCUT2D eigenvalue weighted by molar-refractivity contribution is 0.101. The number of hydrogen-bond acceptors (Lipinski definition) is 4. The summed E-state index contributed by atoms with van der Waals surface area (Å²) in [5.41, 5.74) is 2.42. The fourth-order valence-electron chi connectivity index (χ4n) is 3.03. The van der Waals surface area contributed by atoms with E-state index in [-0.39, 0.29) is 11.5 Å². The van der Waals surface area contributed by atoms with Gasteiger partial charge in [0.25, 0.3) is 0 Å². The average molecular weight is 372 g/mol. The van der Waals surface area contributed by atoms with Gasteiger partial charge in [0.2, 0.25) is 5.78 Å². The maximum Gasteiger partial charge on any atom is 0.231 e. The predicted molar refractivity (Wildman–Crippen MR) is 108 cm³/mol. The highest BCUT2D eigenvalue weighted by molar-refractivity contribution is 6.14. The molecule has 0 bridgehead atoms. The monoisotopic (exact) mass is 372 g/mol. The molecule has 0 amide bonds. The van der Waals surface area contributed by atoms with E-state index >= 15 is 0 Å². The molecule has 1 aliphatic rings. The molecule has 0 fully saturated rings. The zero-order valence-corrected chi connectivity index (χ0v) is 15.6. The summed E-state index contributed by atoms with van der Waals surface area (Å²) in [5.74, 6) is 2.03. The van der Waals surface area contributed by atoms with Gasteiger partial charge in [-0.15, -0.1) is 0 Å². The Morgan fingerprint density at radius 2 is 1.71 bits per heavy atom. The van der Waals surface area contributed by atoms with Gasteiger partial charge in [-0.3, -0.25) is 4.79 Å². The van der Waals surface area contributed by atoms with Crippen molar-refractivity contribution in [3.05, 3.63) is 95.2 Å². The van der Waals surface area contributed by atoms with Crippen LogP contribution in [0.3, 0.4) is 0 Å². The molecule has 1 heterocycles. The van der Waals surface area contributed by atoms with Gasteiger partial charge < -0.3 is 14.2 Å². The van der Waals surface area contributed by atoms with Gasteiger partial charge in [0.1, 0.15) is 23.9 Å². The third kappa shape index (κ3) is 3.76. The highest BCUT2D eigenvalue weighted by Gasteiger charge is 2.28. The maximum absolute atomic E-state index is 12.7. The third-order valence-corrected chi connectivity index (χ3v) is 4.40. The molecule has 4 heteroatoms. The van der Waals surface area contributed by atoms with Crippen molar-refractivity contribution in [3.8, 4) is 17.2 Å². The van der Waals surface area contributed by atoms with Crippen molar-refractivity contribution in [1.82, 2.24) is 0 Å². The number of rotatable bonds is 6. The van der Waals surface area contributed by atoms with Crippen LogP contribution in [0.25, 0.3) is 6.08 Å². The molecule has 0 aliphatic carbocycles. The first-order chi connectivity index (χ1) is 13.7. The minimum Gasteiger partial charge on any atom is -0.493 e. The second-order valence-corrected chi connectivity index (χ2v) is 6.34. The molecule has 3 aromatic carbocycles. The van der Waals surface area contributed by atoms with Crippen LogP contribution in [0.15, 0.2) is 78.6 Å². The molecular formula is C24H20O4. The van der Waals surface area contributed by atoms with Gasteiger partial charge in [-0.1, -0.05) is 48.5 Å². The molecule has 4 nitrogen and oxygen atoms in total. The predicted octanol–water partition coefficient (Wildman–Crippen LogP) is 5.28. The number of ketones is 1. The summed E-state index contributed by atoms with van der Waals surface area (Å²) >= 11 is 0. The lowest BCUT2D eigenvalue weighted by atomic mass is 10.1. The van der Waals surface area contributed by atoms with Crippen molar-refractivity contribution >= 4 is 11.9 Å². The number of carbonyl (C=O) groups is 1. The first-order valence-electron chi connectivity index (χ1n) is 9.21. The number of Topliss-reactive ketones (excluding diaryl/α,β-unsaturated/α-hetero) is 1. The molecule has 0 spiro atoms. The Hall–Kier alpha value is -3.53. The molecular weight excluding hydrogens is 352 g/mol. The fourth-order valence-corrected chi connectivity index (χ4v) is 3.03. The van der Waals surface area contributed by atoms with Gasteiger partial charge >= 0.3 is 0 Å². The van der Waals surface area contributed by atoms with Crippen molar-refractivity contribution in [2.75, 3.05) is 6.61 Å². The molecule has 28 heavy (non-hydrogen) atoms. The molecule has 0 unspecified atom stereocenters. The van der Waals surface area contributed by atoms with E-state index in [4.69, 9.17) is 14.2 Å². The van der Waals surface area contributed by atoms with Crippen molar-refractivity contribution < 1.29 is 19.0 Å². The normalized spacial score (nSPS) is 13.9. The van der Waals surface area contributed by atoms with Gasteiger partial charge in [-0.2, -0.15) is 0 Å². The largest absolute Gasteiger partial charge is 0.493 e. The number of carbonyl (C=O) groups excluding carboxylic acids is 1. The van der Waals surface area contributed by atoms with E-state index in [0.717, 1.165) is 16.9 Å². The molecule has 0 radical (unpaired) electrons. The van der Waals surface area contributed by atoms with Gasteiger partial charge in [0.15, 0.2) is 5.76 Å². The van der Waals surface area contributed by atoms with Crippen LogP contribution in [0.5, 0.6) is 17.2 Å². The average Bonchev–Trinajstić information content (AvgIpc) is 3.04. The molecule has 1 aliphatic heterocycles. The smallest absolute Gasteiger partial charge is 0.231 e. The van der Waals surface area contributed by atoms with Gasteiger partial charge in [0.05, 0.1) is 12.2 Å². The second-order valence-electron chi connectivity index (χ2n) is 6.34. The van der Waals surface area contributed by atoms with Crippen LogP contribution in [0.2, 0.25) is 0 Å². The summed E-state index contributed by atoms with van der Waals surface area (Å²) < 4.78 is 17.3. The van der Waals surface area contributed by atoms with Crippen molar-refractivity contribution in [1.29, 1.82) is 0 Å². The Morgan fingerprint density at radius 3 is 2.54 bits per heavy atom. The van der Waals surface area contributed by atoms with E-state index in [2.05, 4.69) is 0 Å². The Kier molecular flexibility index (Phi) is 5.11. The minimum absolute atomic E-state index is 0.143. The summed E-state index contributed by atoms with van der Waals surface area (Å²) in [5, 5.41) is 0. The molecule has 3 aromatic rings. The SMILES string of the molecule is CCOc1ccccc1/C=C1\Oc2cc(OCc3ccccc3)ccc2C1=O. The van der Waals surface area contributed by atoms with Crippen LogP contribution >= 0.6 is 0 Å². The van der Waals surface area contributed by atoms with Crippen LogP contribution in [0.1, 0.15) is 28.4 Å².